The van der Waals surface area contributed by atoms with Crippen LogP contribution in [0.5, 0.6) is 5.75 Å². The Morgan fingerprint density at radius 3 is 2.53 bits per heavy atom. The molecule has 1 heterocycles. The summed E-state index contributed by atoms with van der Waals surface area (Å²) < 4.78 is 5.86. The topological polar surface area (TPSA) is 32.8 Å². The largest absolute Gasteiger partial charge is 0.489 e. The molecule has 0 aliphatic carbocycles. The maximum absolute atomic E-state index is 10.5. The summed E-state index contributed by atoms with van der Waals surface area (Å²) in [5.41, 5.74) is 1.15. The second-order valence-corrected chi connectivity index (χ2v) is 5.09. The standard InChI is InChI=1S/C15H22N2O2/c1-13(2)19-15-6-4-3-5-14(15)17-9-7-16(8-10-17)11-12-18/h3-6,12-13H,7-11H2,1-2H3. The molecule has 0 radical (unpaired) electrons. The number of hydrogen-bond donors (Lipinski definition) is 0. The molecule has 2 rings (SSSR count). The van der Waals surface area contributed by atoms with Gasteiger partial charge in [0.2, 0.25) is 0 Å². The normalized spacial score (nSPS) is 16.7. The zero-order valence-corrected chi connectivity index (χ0v) is 11.7. The molecule has 0 spiro atoms. The van der Waals surface area contributed by atoms with Crippen molar-refractivity contribution >= 4 is 12.0 Å². The third kappa shape index (κ3) is 3.70. The van der Waals surface area contributed by atoms with Crippen molar-refractivity contribution in [2.24, 2.45) is 0 Å². The first kappa shape index (κ1) is 13.9. The second-order valence-electron chi connectivity index (χ2n) is 5.09. The third-order valence-electron chi connectivity index (χ3n) is 3.27. The van der Waals surface area contributed by atoms with Gasteiger partial charge in [-0.25, -0.2) is 0 Å². The van der Waals surface area contributed by atoms with E-state index in [4.69, 9.17) is 4.74 Å². The average Bonchev–Trinajstić information content (AvgIpc) is 2.40. The van der Waals surface area contributed by atoms with Gasteiger partial charge in [0.15, 0.2) is 0 Å². The number of aldehydes is 1. The molecule has 0 N–H and O–H groups in total. The van der Waals surface area contributed by atoms with Gasteiger partial charge in [-0.2, -0.15) is 0 Å². The lowest BCUT2D eigenvalue weighted by Crippen LogP contribution is -2.47. The minimum atomic E-state index is 0.178. The highest BCUT2D eigenvalue weighted by atomic mass is 16.5. The molecule has 1 aliphatic heterocycles. The van der Waals surface area contributed by atoms with Gasteiger partial charge in [-0.05, 0) is 26.0 Å². The highest BCUT2D eigenvalue weighted by molar-refractivity contribution is 5.59. The van der Waals surface area contributed by atoms with Crippen LogP contribution in [0.15, 0.2) is 24.3 Å². The number of piperazine rings is 1. The molecule has 1 aliphatic rings. The summed E-state index contributed by atoms with van der Waals surface area (Å²) in [6, 6.07) is 8.17. The van der Waals surface area contributed by atoms with E-state index >= 15 is 0 Å². The lowest BCUT2D eigenvalue weighted by molar-refractivity contribution is -0.108. The Hall–Kier alpha value is -1.55. The van der Waals surface area contributed by atoms with Crippen LogP contribution in [0.3, 0.4) is 0 Å². The quantitative estimate of drug-likeness (QED) is 0.758. The van der Waals surface area contributed by atoms with Gasteiger partial charge in [0.1, 0.15) is 12.0 Å². The van der Waals surface area contributed by atoms with E-state index in [1.54, 1.807) is 0 Å². The molecular weight excluding hydrogens is 240 g/mol. The lowest BCUT2D eigenvalue weighted by Gasteiger charge is -2.36. The number of anilines is 1. The van der Waals surface area contributed by atoms with E-state index in [1.165, 1.54) is 0 Å². The predicted octanol–water partition coefficient (Wildman–Crippen LogP) is 1.79. The summed E-state index contributed by atoms with van der Waals surface area (Å²) in [4.78, 5) is 15.0. The Morgan fingerprint density at radius 2 is 1.89 bits per heavy atom. The van der Waals surface area contributed by atoms with Crippen LogP contribution in [-0.4, -0.2) is 50.0 Å². The van der Waals surface area contributed by atoms with Crippen LogP contribution in [0.1, 0.15) is 13.8 Å². The van der Waals surface area contributed by atoms with Crippen LogP contribution >= 0.6 is 0 Å². The van der Waals surface area contributed by atoms with Gasteiger partial charge in [0.25, 0.3) is 0 Å². The maximum Gasteiger partial charge on any atom is 0.142 e. The van der Waals surface area contributed by atoms with Crippen molar-refractivity contribution in [2.75, 3.05) is 37.6 Å². The zero-order chi connectivity index (χ0) is 13.7. The molecule has 0 saturated carbocycles. The summed E-state index contributed by atoms with van der Waals surface area (Å²) >= 11 is 0. The molecule has 0 bridgehead atoms. The van der Waals surface area contributed by atoms with Crippen molar-refractivity contribution in [3.63, 3.8) is 0 Å². The Balaban J connectivity index is 2.04. The number of hydrogen-bond acceptors (Lipinski definition) is 4. The van der Waals surface area contributed by atoms with Gasteiger partial charge in [0.05, 0.1) is 18.3 Å². The molecule has 104 valence electrons. The summed E-state index contributed by atoms with van der Waals surface area (Å²) in [5.74, 6) is 0.946. The molecule has 4 nitrogen and oxygen atoms in total. The van der Waals surface area contributed by atoms with E-state index in [0.29, 0.717) is 6.54 Å². The average molecular weight is 262 g/mol. The fraction of sp³-hybridized carbons (Fsp3) is 0.533. The Bertz CT molecular complexity index is 412. The van der Waals surface area contributed by atoms with E-state index in [1.807, 2.05) is 32.0 Å². The first-order chi connectivity index (χ1) is 9.20. The van der Waals surface area contributed by atoms with Crippen LogP contribution in [0.4, 0.5) is 5.69 Å². The number of nitrogens with zero attached hydrogens (tertiary/aromatic N) is 2. The molecule has 1 aromatic carbocycles. The van der Waals surface area contributed by atoms with E-state index < -0.39 is 0 Å². The minimum Gasteiger partial charge on any atom is -0.489 e. The molecule has 1 fully saturated rings. The van der Waals surface area contributed by atoms with E-state index in [2.05, 4.69) is 15.9 Å². The Labute approximate surface area is 115 Å². The van der Waals surface area contributed by atoms with Gasteiger partial charge in [-0.1, -0.05) is 12.1 Å². The SMILES string of the molecule is CC(C)Oc1ccccc1N1CCN(CC=O)CC1. The molecule has 1 aromatic rings. The Morgan fingerprint density at radius 1 is 1.21 bits per heavy atom. The molecular formula is C15H22N2O2. The number of para-hydroxylation sites is 2. The number of benzene rings is 1. The first-order valence-electron chi connectivity index (χ1n) is 6.87. The molecule has 0 amide bonds. The van der Waals surface area contributed by atoms with Crippen LogP contribution in [-0.2, 0) is 4.79 Å². The number of rotatable bonds is 5. The van der Waals surface area contributed by atoms with Gasteiger partial charge >= 0.3 is 0 Å². The Kier molecular flexibility index (Phi) is 4.80. The summed E-state index contributed by atoms with van der Waals surface area (Å²) in [6.45, 7) is 8.34. The number of carbonyl (C=O) groups excluding carboxylic acids is 1. The summed E-state index contributed by atoms with van der Waals surface area (Å²) in [6.07, 6.45) is 1.16. The number of carbonyl (C=O) groups is 1. The first-order valence-corrected chi connectivity index (χ1v) is 6.87. The minimum absolute atomic E-state index is 0.178. The van der Waals surface area contributed by atoms with Gasteiger partial charge in [-0.3, -0.25) is 4.90 Å². The van der Waals surface area contributed by atoms with Crippen LogP contribution in [0.25, 0.3) is 0 Å². The van der Waals surface area contributed by atoms with Crippen LogP contribution < -0.4 is 9.64 Å². The van der Waals surface area contributed by atoms with Gasteiger partial charge in [-0.15, -0.1) is 0 Å². The fourth-order valence-electron chi connectivity index (χ4n) is 2.35. The maximum atomic E-state index is 10.5. The van der Waals surface area contributed by atoms with Crippen molar-refractivity contribution < 1.29 is 9.53 Å². The van der Waals surface area contributed by atoms with Crippen LogP contribution in [0, 0.1) is 0 Å². The van der Waals surface area contributed by atoms with E-state index in [-0.39, 0.29) is 6.10 Å². The van der Waals surface area contributed by atoms with E-state index in [9.17, 15) is 4.79 Å². The predicted molar refractivity (Wildman–Crippen MR) is 76.9 cm³/mol. The van der Waals surface area contributed by atoms with Crippen LogP contribution in [0.2, 0.25) is 0 Å². The van der Waals surface area contributed by atoms with Gasteiger partial charge < -0.3 is 14.4 Å². The van der Waals surface area contributed by atoms with Crippen molar-refractivity contribution in [1.82, 2.24) is 4.90 Å². The third-order valence-corrected chi connectivity index (χ3v) is 3.27. The molecule has 4 heteroatoms. The van der Waals surface area contributed by atoms with Gasteiger partial charge in [0, 0.05) is 26.2 Å². The highest BCUT2D eigenvalue weighted by Crippen LogP contribution is 2.29. The van der Waals surface area contributed by atoms with Crippen molar-refractivity contribution in [1.29, 1.82) is 0 Å². The van der Waals surface area contributed by atoms with Crippen molar-refractivity contribution in [3.05, 3.63) is 24.3 Å². The monoisotopic (exact) mass is 262 g/mol. The molecule has 0 atom stereocenters. The van der Waals surface area contributed by atoms with Crippen molar-refractivity contribution in [2.45, 2.75) is 20.0 Å². The zero-order valence-electron chi connectivity index (χ0n) is 11.7. The molecule has 19 heavy (non-hydrogen) atoms. The smallest absolute Gasteiger partial charge is 0.142 e. The second kappa shape index (κ2) is 6.57. The lowest BCUT2D eigenvalue weighted by atomic mass is 10.2. The summed E-state index contributed by atoms with van der Waals surface area (Å²) in [7, 11) is 0. The fourth-order valence-corrected chi connectivity index (χ4v) is 2.35. The number of ether oxygens (including phenoxy) is 1. The molecule has 0 unspecified atom stereocenters. The molecule has 1 saturated heterocycles. The summed E-state index contributed by atoms with van der Waals surface area (Å²) in [5, 5.41) is 0. The highest BCUT2D eigenvalue weighted by Gasteiger charge is 2.19. The van der Waals surface area contributed by atoms with E-state index in [0.717, 1.165) is 43.9 Å². The molecule has 0 aromatic heterocycles. The van der Waals surface area contributed by atoms with Crippen molar-refractivity contribution in [3.8, 4) is 5.75 Å².